The summed E-state index contributed by atoms with van der Waals surface area (Å²) in [6.45, 7) is 9.63. The lowest BCUT2D eigenvalue weighted by atomic mass is 9.82. The van der Waals surface area contributed by atoms with Gasteiger partial charge in [-0.1, -0.05) is 33.8 Å². The van der Waals surface area contributed by atoms with Gasteiger partial charge in [-0.05, 0) is 29.5 Å². The number of hydrogen-bond acceptors (Lipinski definition) is 2. The van der Waals surface area contributed by atoms with E-state index in [-0.39, 0.29) is 5.41 Å². The molecule has 0 spiro atoms. The zero-order chi connectivity index (χ0) is 13.1. The molecule has 0 amide bonds. The maximum atomic E-state index is 10.8. The molecule has 3 nitrogen and oxygen atoms in total. The van der Waals surface area contributed by atoms with Gasteiger partial charge in [0.25, 0.3) is 0 Å². The first-order valence-corrected chi connectivity index (χ1v) is 5.88. The molecule has 1 aromatic rings. The Hall–Kier alpha value is -1.51. The molecule has 0 saturated heterocycles. The van der Waals surface area contributed by atoms with Gasteiger partial charge in [0.15, 0.2) is 0 Å². The lowest BCUT2D eigenvalue weighted by Crippen LogP contribution is -2.24. The fourth-order valence-electron chi connectivity index (χ4n) is 1.34. The van der Waals surface area contributed by atoms with Crippen molar-refractivity contribution < 1.29 is 9.90 Å². The number of anilines is 1. The SMILES string of the molecule is CC(CNc1cccc(C(=O)O)c1)C(C)(C)C. The van der Waals surface area contributed by atoms with Crippen LogP contribution in [-0.2, 0) is 0 Å². The van der Waals surface area contributed by atoms with Crippen molar-refractivity contribution in [1.82, 2.24) is 0 Å². The predicted octanol–water partition coefficient (Wildman–Crippen LogP) is 3.48. The first kappa shape index (κ1) is 13.6. The van der Waals surface area contributed by atoms with Crippen molar-refractivity contribution in [2.45, 2.75) is 27.7 Å². The third kappa shape index (κ3) is 4.10. The zero-order valence-corrected chi connectivity index (χ0v) is 10.9. The molecule has 1 atom stereocenters. The quantitative estimate of drug-likeness (QED) is 0.840. The maximum absolute atomic E-state index is 10.8. The summed E-state index contributed by atoms with van der Waals surface area (Å²) in [7, 11) is 0. The van der Waals surface area contributed by atoms with E-state index >= 15 is 0 Å². The summed E-state index contributed by atoms with van der Waals surface area (Å²) in [6, 6.07) is 6.91. The van der Waals surface area contributed by atoms with E-state index in [1.807, 2.05) is 6.07 Å². The molecule has 94 valence electrons. The molecule has 2 N–H and O–H groups in total. The van der Waals surface area contributed by atoms with Crippen LogP contribution < -0.4 is 5.32 Å². The summed E-state index contributed by atoms with van der Waals surface area (Å²) < 4.78 is 0. The van der Waals surface area contributed by atoms with Crippen LogP contribution in [0.1, 0.15) is 38.1 Å². The highest BCUT2D eigenvalue weighted by atomic mass is 16.4. The Morgan fingerprint density at radius 1 is 1.41 bits per heavy atom. The molecule has 0 aliphatic heterocycles. The van der Waals surface area contributed by atoms with E-state index in [4.69, 9.17) is 5.11 Å². The van der Waals surface area contributed by atoms with Gasteiger partial charge in [-0.3, -0.25) is 0 Å². The van der Waals surface area contributed by atoms with E-state index in [1.165, 1.54) is 0 Å². The number of carboxylic acids is 1. The van der Waals surface area contributed by atoms with Crippen molar-refractivity contribution in [3.63, 3.8) is 0 Å². The minimum atomic E-state index is -0.891. The highest BCUT2D eigenvalue weighted by molar-refractivity contribution is 5.88. The fraction of sp³-hybridized carbons (Fsp3) is 0.500. The van der Waals surface area contributed by atoms with Gasteiger partial charge >= 0.3 is 5.97 Å². The van der Waals surface area contributed by atoms with E-state index in [0.717, 1.165) is 12.2 Å². The highest BCUT2D eigenvalue weighted by Gasteiger charge is 2.19. The molecule has 0 aliphatic rings. The lowest BCUT2D eigenvalue weighted by molar-refractivity contribution is 0.0697. The minimum Gasteiger partial charge on any atom is -0.478 e. The van der Waals surface area contributed by atoms with Gasteiger partial charge in [0.2, 0.25) is 0 Å². The summed E-state index contributed by atoms with van der Waals surface area (Å²) >= 11 is 0. The second-order valence-corrected chi connectivity index (χ2v) is 5.53. The zero-order valence-electron chi connectivity index (χ0n) is 10.9. The van der Waals surface area contributed by atoms with Gasteiger partial charge in [0.1, 0.15) is 0 Å². The molecule has 0 aromatic heterocycles. The van der Waals surface area contributed by atoms with Crippen LogP contribution in [0.15, 0.2) is 24.3 Å². The second kappa shape index (κ2) is 5.21. The van der Waals surface area contributed by atoms with Crippen molar-refractivity contribution in [1.29, 1.82) is 0 Å². The molecular weight excluding hydrogens is 214 g/mol. The van der Waals surface area contributed by atoms with Crippen molar-refractivity contribution in [3.05, 3.63) is 29.8 Å². The molecule has 3 heteroatoms. The topological polar surface area (TPSA) is 49.3 Å². The Labute approximate surface area is 103 Å². The Bertz CT molecular complexity index is 393. The van der Waals surface area contributed by atoms with E-state index in [9.17, 15) is 4.79 Å². The number of carbonyl (C=O) groups is 1. The molecule has 1 aromatic carbocycles. The smallest absolute Gasteiger partial charge is 0.335 e. The van der Waals surface area contributed by atoms with Gasteiger partial charge < -0.3 is 10.4 Å². The molecule has 0 bridgehead atoms. The monoisotopic (exact) mass is 235 g/mol. The van der Waals surface area contributed by atoms with Crippen molar-refractivity contribution in [2.24, 2.45) is 11.3 Å². The highest BCUT2D eigenvalue weighted by Crippen LogP contribution is 2.25. The second-order valence-electron chi connectivity index (χ2n) is 5.53. The molecule has 0 saturated carbocycles. The number of hydrogen-bond donors (Lipinski definition) is 2. The Kier molecular flexibility index (Phi) is 4.16. The predicted molar refractivity (Wildman–Crippen MR) is 70.5 cm³/mol. The maximum Gasteiger partial charge on any atom is 0.335 e. The largest absolute Gasteiger partial charge is 0.478 e. The first-order chi connectivity index (χ1) is 7.80. The standard InChI is InChI=1S/C14H21NO2/c1-10(14(2,3)4)9-15-12-7-5-6-11(8-12)13(16)17/h5-8,10,15H,9H2,1-4H3,(H,16,17). The van der Waals surface area contributed by atoms with Crippen LogP contribution in [0.3, 0.4) is 0 Å². The minimum absolute atomic E-state index is 0.247. The van der Waals surface area contributed by atoms with Crippen LogP contribution in [0.2, 0.25) is 0 Å². The molecule has 0 aliphatic carbocycles. The number of nitrogens with one attached hydrogen (secondary N) is 1. The van der Waals surface area contributed by atoms with Crippen molar-refractivity contribution >= 4 is 11.7 Å². The number of benzene rings is 1. The van der Waals surface area contributed by atoms with Crippen molar-refractivity contribution in [2.75, 3.05) is 11.9 Å². The molecule has 1 unspecified atom stereocenters. The molecule has 1 rings (SSSR count). The van der Waals surface area contributed by atoms with Gasteiger partial charge in [-0.15, -0.1) is 0 Å². The van der Waals surface area contributed by atoms with Crippen LogP contribution in [0.5, 0.6) is 0 Å². The molecular formula is C14H21NO2. The fourth-order valence-corrected chi connectivity index (χ4v) is 1.34. The van der Waals surface area contributed by atoms with Crippen molar-refractivity contribution in [3.8, 4) is 0 Å². The van der Waals surface area contributed by atoms with Gasteiger partial charge in [-0.25, -0.2) is 4.79 Å². The lowest BCUT2D eigenvalue weighted by Gasteiger charge is -2.27. The van der Waals surface area contributed by atoms with Crippen LogP contribution in [-0.4, -0.2) is 17.6 Å². The first-order valence-electron chi connectivity index (χ1n) is 5.88. The molecule has 17 heavy (non-hydrogen) atoms. The third-order valence-electron chi connectivity index (χ3n) is 3.20. The Balaban J connectivity index is 2.64. The summed E-state index contributed by atoms with van der Waals surface area (Å²) in [5.41, 5.74) is 1.43. The van der Waals surface area contributed by atoms with Crippen LogP contribution in [0.25, 0.3) is 0 Å². The summed E-state index contributed by atoms with van der Waals surface area (Å²) in [5, 5.41) is 12.2. The normalized spacial score (nSPS) is 13.2. The van der Waals surface area contributed by atoms with Gasteiger partial charge in [0.05, 0.1) is 5.56 Å². The van der Waals surface area contributed by atoms with Gasteiger partial charge in [-0.2, -0.15) is 0 Å². The van der Waals surface area contributed by atoms with E-state index < -0.39 is 5.97 Å². The van der Waals surface area contributed by atoms with E-state index in [0.29, 0.717) is 11.5 Å². The van der Waals surface area contributed by atoms with Crippen LogP contribution in [0, 0.1) is 11.3 Å². The number of aromatic carboxylic acids is 1. The van der Waals surface area contributed by atoms with Crippen LogP contribution in [0.4, 0.5) is 5.69 Å². The van der Waals surface area contributed by atoms with Crippen LogP contribution >= 0.6 is 0 Å². The summed E-state index contributed by atoms with van der Waals surface area (Å²) in [4.78, 5) is 10.8. The van der Waals surface area contributed by atoms with Gasteiger partial charge in [0, 0.05) is 12.2 Å². The molecule has 0 heterocycles. The third-order valence-corrected chi connectivity index (χ3v) is 3.20. The van der Waals surface area contributed by atoms with E-state index in [1.54, 1.807) is 18.2 Å². The summed E-state index contributed by atoms with van der Waals surface area (Å²) in [5.74, 6) is -0.381. The summed E-state index contributed by atoms with van der Waals surface area (Å²) in [6.07, 6.45) is 0. The van der Waals surface area contributed by atoms with E-state index in [2.05, 4.69) is 33.0 Å². The number of carboxylic acid groups (broad SMARTS) is 1. The molecule has 0 radical (unpaired) electrons. The Morgan fingerprint density at radius 3 is 2.59 bits per heavy atom. The number of rotatable bonds is 4. The average molecular weight is 235 g/mol. The molecule has 0 fully saturated rings. The Morgan fingerprint density at radius 2 is 2.06 bits per heavy atom. The average Bonchev–Trinajstić information content (AvgIpc) is 2.25.